The fraction of sp³-hybridized carbons (Fsp3) is 0.810. The lowest BCUT2D eigenvalue weighted by atomic mass is 10.0. The second-order valence-corrected chi connectivity index (χ2v) is 6.89. The fourth-order valence-electron chi connectivity index (χ4n) is 2.60. The Morgan fingerprint density at radius 3 is 1.76 bits per heavy atom. The molecule has 0 saturated carbocycles. The third-order valence-corrected chi connectivity index (χ3v) is 4.66. The summed E-state index contributed by atoms with van der Waals surface area (Å²) in [5.41, 5.74) is 0.178. The Labute approximate surface area is 154 Å². The summed E-state index contributed by atoms with van der Waals surface area (Å²) in [6.45, 7) is 13.0. The second-order valence-electron chi connectivity index (χ2n) is 6.89. The Kier molecular flexibility index (Phi) is 14.2. The summed E-state index contributed by atoms with van der Waals surface area (Å²) in [7, 11) is 0. The standard InChI is InChI=1S/C21H38O4/c1-6-10-12-18(8-3)15-24-20(22)14-17(5)21(23)25-16-19(9-4)13-11-7-2/h18-19H,5-16H2,1-4H3. The first-order chi connectivity index (χ1) is 12.0. The summed E-state index contributed by atoms with van der Waals surface area (Å²) in [6.07, 6.45) is 8.58. The van der Waals surface area contributed by atoms with Crippen LogP contribution in [0.4, 0.5) is 0 Å². The Bertz CT molecular complexity index is 389. The lowest BCUT2D eigenvalue weighted by Gasteiger charge is -2.16. The molecule has 0 aliphatic heterocycles. The van der Waals surface area contributed by atoms with Crippen molar-refractivity contribution in [3.05, 3.63) is 12.2 Å². The van der Waals surface area contributed by atoms with Crippen LogP contribution in [0.1, 0.15) is 85.5 Å². The van der Waals surface area contributed by atoms with Crippen LogP contribution in [-0.4, -0.2) is 25.2 Å². The molecule has 0 spiro atoms. The quantitative estimate of drug-likeness (QED) is 0.290. The topological polar surface area (TPSA) is 52.6 Å². The minimum Gasteiger partial charge on any atom is -0.465 e. The molecule has 0 fully saturated rings. The zero-order chi connectivity index (χ0) is 19.1. The first-order valence-electron chi connectivity index (χ1n) is 9.98. The van der Waals surface area contributed by atoms with Gasteiger partial charge >= 0.3 is 11.9 Å². The Balaban J connectivity index is 4.12. The van der Waals surface area contributed by atoms with Crippen molar-refractivity contribution in [1.29, 1.82) is 0 Å². The minimum atomic E-state index is -0.482. The summed E-state index contributed by atoms with van der Waals surface area (Å²) in [5.74, 6) is -0.0969. The first-order valence-corrected chi connectivity index (χ1v) is 9.98. The molecule has 4 heteroatoms. The van der Waals surface area contributed by atoms with Crippen molar-refractivity contribution >= 4 is 11.9 Å². The van der Waals surface area contributed by atoms with Gasteiger partial charge in [-0.2, -0.15) is 0 Å². The van der Waals surface area contributed by atoms with Gasteiger partial charge in [0.15, 0.2) is 0 Å². The van der Waals surface area contributed by atoms with E-state index in [1.807, 2.05) is 0 Å². The molecule has 0 aromatic rings. The van der Waals surface area contributed by atoms with Crippen molar-refractivity contribution in [3.8, 4) is 0 Å². The van der Waals surface area contributed by atoms with Gasteiger partial charge in [-0.25, -0.2) is 4.79 Å². The van der Waals surface area contributed by atoms with E-state index in [0.29, 0.717) is 25.0 Å². The highest BCUT2D eigenvalue weighted by Crippen LogP contribution is 2.15. The zero-order valence-electron chi connectivity index (χ0n) is 16.8. The molecular weight excluding hydrogens is 316 g/mol. The molecule has 2 unspecified atom stereocenters. The predicted octanol–water partition coefficient (Wildman–Crippen LogP) is 5.45. The van der Waals surface area contributed by atoms with E-state index in [9.17, 15) is 9.59 Å². The van der Waals surface area contributed by atoms with Gasteiger partial charge in [0.2, 0.25) is 0 Å². The number of hydrogen-bond acceptors (Lipinski definition) is 4. The van der Waals surface area contributed by atoms with E-state index in [-0.39, 0.29) is 12.0 Å². The molecule has 0 amide bonds. The van der Waals surface area contributed by atoms with Crippen LogP contribution in [0, 0.1) is 11.8 Å². The number of hydrogen-bond donors (Lipinski definition) is 0. The van der Waals surface area contributed by atoms with Crippen molar-refractivity contribution in [2.24, 2.45) is 11.8 Å². The molecule has 0 aliphatic rings. The fourth-order valence-corrected chi connectivity index (χ4v) is 2.60. The van der Waals surface area contributed by atoms with E-state index < -0.39 is 11.9 Å². The molecule has 0 saturated heterocycles. The zero-order valence-corrected chi connectivity index (χ0v) is 16.8. The van der Waals surface area contributed by atoms with Crippen molar-refractivity contribution < 1.29 is 19.1 Å². The van der Waals surface area contributed by atoms with E-state index in [1.54, 1.807) is 0 Å². The van der Waals surface area contributed by atoms with Gasteiger partial charge in [-0.15, -0.1) is 0 Å². The highest BCUT2D eigenvalue weighted by molar-refractivity contribution is 5.93. The Morgan fingerprint density at radius 1 is 0.840 bits per heavy atom. The van der Waals surface area contributed by atoms with Gasteiger partial charge in [0.25, 0.3) is 0 Å². The smallest absolute Gasteiger partial charge is 0.333 e. The molecule has 0 heterocycles. The molecule has 2 atom stereocenters. The van der Waals surface area contributed by atoms with E-state index in [2.05, 4.69) is 34.3 Å². The highest BCUT2D eigenvalue weighted by Gasteiger charge is 2.17. The van der Waals surface area contributed by atoms with Gasteiger partial charge < -0.3 is 9.47 Å². The van der Waals surface area contributed by atoms with Gasteiger partial charge in [0.05, 0.1) is 19.6 Å². The summed E-state index contributed by atoms with van der Waals surface area (Å²) in [5, 5.41) is 0. The Morgan fingerprint density at radius 2 is 1.32 bits per heavy atom. The molecule has 0 aromatic carbocycles. The molecule has 0 aliphatic carbocycles. The summed E-state index contributed by atoms with van der Waals surface area (Å²) in [4.78, 5) is 23.9. The molecule has 0 radical (unpaired) electrons. The van der Waals surface area contributed by atoms with E-state index in [0.717, 1.165) is 51.4 Å². The summed E-state index contributed by atoms with van der Waals surface area (Å²) < 4.78 is 10.6. The number of carbonyl (C=O) groups excluding carboxylic acids is 2. The third-order valence-electron chi connectivity index (χ3n) is 4.66. The van der Waals surface area contributed by atoms with Gasteiger partial charge in [-0.05, 0) is 24.7 Å². The highest BCUT2D eigenvalue weighted by atomic mass is 16.5. The lowest BCUT2D eigenvalue weighted by Crippen LogP contribution is -2.18. The van der Waals surface area contributed by atoms with Crippen LogP contribution in [-0.2, 0) is 19.1 Å². The predicted molar refractivity (Wildman–Crippen MR) is 102 cm³/mol. The summed E-state index contributed by atoms with van der Waals surface area (Å²) >= 11 is 0. The number of carbonyl (C=O) groups is 2. The first kappa shape index (κ1) is 23.7. The molecule has 25 heavy (non-hydrogen) atoms. The van der Waals surface area contributed by atoms with Crippen molar-refractivity contribution in [3.63, 3.8) is 0 Å². The Hall–Kier alpha value is -1.32. The van der Waals surface area contributed by atoms with Crippen LogP contribution in [0.5, 0.6) is 0 Å². The number of unbranched alkanes of at least 4 members (excludes halogenated alkanes) is 2. The molecule has 0 aromatic heterocycles. The normalized spacial score (nSPS) is 13.1. The maximum absolute atomic E-state index is 12.0. The van der Waals surface area contributed by atoms with Crippen molar-refractivity contribution in [2.45, 2.75) is 85.5 Å². The van der Waals surface area contributed by atoms with E-state index >= 15 is 0 Å². The van der Waals surface area contributed by atoms with Gasteiger partial charge in [-0.3, -0.25) is 4.79 Å². The lowest BCUT2D eigenvalue weighted by molar-refractivity contribution is -0.147. The number of esters is 2. The van der Waals surface area contributed by atoms with Crippen LogP contribution in [0.25, 0.3) is 0 Å². The van der Waals surface area contributed by atoms with E-state index in [4.69, 9.17) is 9.47 Å². The number of ether oxygens (including phenoxy) is 2. The van der Waals surface area contributed by atoms with Gasteiger partial charge in [-0.1, -0.05) is 72.8 Å². The molecule has 146 valence electrons. The third kappa shape index (κ3) is 11.8. The van der Waals surface area contributed by atoms with Crippen LogP contribution in [0.3, 0.4) is 0 Å². The molecule has 4 nitrogen and oxygen atoms in total. The maximum Gasteiger partial charge on any atom is 0.333 e. The SMILES string of the molecule is C=C(CC(=O)OCC(CC)CCCC)C(=O)OCC(CC)CCCC. The van der Waals surface area contributed by atoms with E-state index in [1.165, 1.54) is 0 Å². The molecule has 0 rings (SSSR count). The van der Waals surface area contributed by atoms with Crippen molar-refractivity contribution in [2.75, 3.05) is 13.2 Å². The number of rotatable bonds is 15. The van der Waals surface area contributed by atoms with Gasteiger partial charge in [0, 0.05) is 5.57 Å². The van der Waals surface area contributed by atoms with Crippen molar-refractivity contribution in [1.82, 2.24) is 0 Å². The van der Waals surface area contributed by atoms with Gasteiger partial charge in [0.1, 0.15) is 0 Å². The average Bonchev–Trinajstić information content (AvgIpc) is 2.61. The van der Waals surface area contributed by atoms with Crippen LogP contribution in [0.2, 0.25) is 0 Å². The second kappa shape index (κ2) is 15.0. The summed E-state index contributed by atoms with van der Waals surface area (Å²) in [6, 6.07) is 0. The largest absolute Gasteiger partial charge is 0.465 e. The molecular formula is C21H38O4. The monoisotopic (exact) mass is 354 g/mol. The minimum absolute atomic E-state index is 0.0885. The average molecular weight is 355 g/mol. The maximum atomic E-state index is 12.0. The molecule has 0 bridgehead atoms. The van der Waals surface area contributed by atoms with Crippen LogP contribution in [0.15, 0.2) is 12.2 Å². The van der Waals surface area contributed by atoms with Crippen LogP contribution >= 0.6 is 0 Å². The van der Waals surface area contributed by atoms with Crippen LogP contribution < -0.4 is 0 Å². The molecule has 0 N–H and O–H groups in total.